The van der Waals surface area contributed by atoms with E-state index in [-0.39, 0.29) is 0 Å². The summed E-state index contributed by atoms with van der Waals surface area (Å²) in [7, 11) is 0. The Hall–Kier alpha value is -2.15. The molecule has 0 amide bonds. The van der Waals surface area contributed by atoms with Crippen molar-refractivity contribution >= 4 is 28.9 Å². The molecule has 18 heavy (non-hydrogen) atoms. The molecule has 0 saturated heterocycles. The summed E-state index contributed by atoms with van der Waals surface area (Å²) in [6, 6.07) is 11.8. The summed E-state index contributed by atoms with van der Waals surface area (Å²) in [6.07, 6.45) is 2.05. The van der Waals surface area contributed by atoms with E-state index in [0.717, 1.165) is 5.69 Å². The first kappa shape index (κ1) is 11.0. The van der Waals surface area contributed by atoms with Gasteiger partial charge < -0.3 is 5.32 Å². The molecule has 0 atom stereocenters. The van der Waals surface area contributed by atoms with Gasteiger partial charge in [0.15, 0.2) is 11.5 Å². The first-order chi connectivity index (χ1) is 8.85. The van der Waals surface area contributed by atoms with E-state index in [1.165, 1.54) is 9.53 Å². The molecule has 0 bridgehead atoms. The van der Waals surface area contributed by atoms with Gasteiger partial charge >= 0.3 is 0 Å². The average Bonchev–Trinajstić information content (AvgIpc) is 2.87. The van der Waals surface area contributed by atoms with Crippen molar-refractivity contribution in [2.24, 2.45) is 0 Å². The van der Waals surface area contributed by atoms with Crippen molar-refractivity contribution in [2.45, 2.75) is 4.90 Å². The van der Waals surface area contributed by atoms with E-state index in [2.05, 4.69) is 44.3 Å². The predicted molar refractivity (Wildman–Crippen MR) is 70.1 cm³/mol. The van der Waals surface area contributed by atoms with Crippen molar-refractivity contribution in [3.8, 4) is 0 Å². The average molecular weight is 258 g/mol. The summed E-state index contributed by atoms with van der Waals surface area (Å²) < 4.78 is 1.39. The molecule has 0 radical (unpaired) electrons. The third-order valence-corrected chi connectivity index (χ3v) is 3.18. The number of rotatable bonds is 3. The van der Waals surface area contributed by atoms with Crippen LogP contribution in [0.4, 0.5) is 11.5 Å². The zero-order valence-electron chi connectivity index (χ0n) is 9.61. The Morgan fingerprint density at radius 2 is 1.94 bits per heavy atom. The van der Waals surface area contributed by atoms with Gasteiger partial charge in [0.2, 0.25) is 0 Å². The Labute approximate surface area is 107 Å². The second kappa shape index (κ2) is 4.61. The van der Waals surface area contributed by atoms with Crippen molar-refractivity contribution in [1.82, 2.24) is 25.3 Å². The van der Waals surface area contributed by atoms with Gasteiger partial charge in [0.1, 0.15) is 0 Å². The van der Waals surface area contributed by atoms with Crippen LogP contribution in [0.15, 0.2) is 41.3 Å². The molecule has 0 aliphatic carbocycles. The summed E-state index contributed by atoms with van der Waals surface area (Å²) in [6.45, 7) is 0. The molecule has 0 aliphatic heterocycles. The third-order valence-electron chi connectivity index (χ3n) is 2.43. The molecule has 90 valence electrons. The van der Waals surface area contributed by atoms with Crippen molar-refractivity contribution in [3.63, 3.8) is 0 Å². The van der Waals surface area contributed by atoms with E-state index in [0.29, 0.717) is 11.5 Å². The van der Waals surface area contributed by atoms with Crippen LogP contribution < -0.4 is 5.32 Å². The molecule has 3 rings (SSSR count). The second-order valence-electron chi connectivity index (χ2n) is 3.60. The molecule has 2 heterocycles. The SMILES string of the molecule is CSc1ccc(Nc2ccc3nnnn3n2)cc1. The first-order valence-corrected chi connectivity index (χ1v) is 6.54. The summed E-state index contributed by atoms with van der Waals surface area (Å²) in [5, 5.41) is 18.5. The molecule has 6 nitrogen and oxygen atoms in total. The second-order valence-corrected chi connectivity index (χ2v) is 4.48. The topological polar surface area (TPSA) is 68.0 Å². The lowest BCUT2D eigenvalue weighted by Crippen LogP contribution is -2.00. The van der Waals surface area contributed by atoms with Gasteiger partial charge in [-0.3, -0.25) is 0 Å². The van der Waals surface area contributed by atoms with Gasteiger partial charge in [0, 0.05) is 10.6 Å². The minimum Gasteiger partial charge on any atom is -0.339 e. The van der Waals surface area contributed by atoms with Crippen LogP contribution in [0.5, 0.6) is 0 Å². The van der Waals surface area contributed by atoms with Crippen LogP contribution in [0.25, 0.3) is 5.65 Å². The van der Waals surface area contributed by atoms with E-state index >= 15 is 0 Å². The van der Waals surface area contributed by atoms with Gasteiger partial charge in [-0.1, -0.05) is 0 Å². The fourth-order valence-corrected chi connectivity index (χ4v) is 1.95. The molecule has 0 unspecified atom stereocenters. The number of tetrazole rings is 1. The van der Waals surface area contributed by atoms with Gasteiger partial charge in [-0.25, -0.2) is 0 Å². The highest BCUT2D eigenvalue weighted by Gasteiger charge is 2.01. The minimum atomic E-state index is 0.623. The Balaban J connectivity index is 1.85. The van der Waals surface area contributed by atoms with E-state index in [1.54, 1.807) is 11.8 Å². The Morgan fingerprint density at radius 3 is 2.72 bits per heavy atom. The van der Waals surface area contributed by atoms with Crippen molar-refractivity contribution in [1.29, 1.82) is 0 Å². The number of hydrogen-bond donors (Lipinski definition) is 1. The van der Waals surface area contributed by atoms with Crippen LogP contribution in [0.3, 0.4) is 0 Å². The van der Waals surface area contributed by atoms with Gasteiger partial charge in [-0.15, -0.1) is 26.6 Å². The van der Waals surface area contributed by atoms with E-state index in [9.17, 15) is 0 Å². The molecular weight excluding hydrogens is 248 g/mol. The van der Waals surface area contributed by atoms with Crippen molar-refractivity contribution in [3.05, 3.63) is 36.4 Å². The standard InChI is InChI=1S/C11H10N6S/c1-18-9-4-2-8(3-5-9)12-10-6-7-11-13-15-16-17(11)14-10/h2-7H,1H3,(H,12,14). The largest absolute Gasteiger partial charge is 0.339 e. The Bertz CT molecular complexity index is 663. The molecule has 3 aromatic rings. The molecule has 0 aliphatic rings. The van der Waals surface area contributed by atoms with E-state index in [1.807, 2.05) is 24.3 Å². The molecule has 2 aromatic heterocycles. The zero-order chi connectivity index (χ0) is 12.4. The molecule has 0 saturated carbocycles. The van der Waals surface area contributed by atoms with Crippen LogP contribution in [0.2, 0.25) is 0 Å². The molecular formula is C11H10N6S. The molecule has 0 spiro atoms. The molecule has 7 heteroatoms. The first-order valence-electron chi connectivity index (χ1n) is 5.32. The highest BCUT2D eigenvalue weighted by atomic mass is 32.2. The predicted octanol–water partition coefficient (Wildman–Crippen LogP) is 1.98. The van der Waals surface area contributed by atoms with Crippen molar-refractivity contribution < 1.29 is 0 Å². The highest BCUT2D eigenvalue weighted by molar-refractivity contribution is 7.98. The molecule has 1 aromatic carbocycles. The smallest absolute Gasteiger partial charge is 0.200 e. The summed E-state index contributed by atoms with van der Waals surface area (Å²) in [5.41, 5.74) is 1.60. The lowest BCUT2D eigenvalue weighted by atomic mass is 10.3. The van der Waals surface area contributed by atoms with Crippen LogP contribution in [-0.2, 0) is 0 Å². The van der Waals surface area contributed by atoms with Gasteiger partial charge in [0.25, 0.3) is 0 Å². The monoisotopic (exact) mass is 258 g/mol. The van der Waals surface area contributed by atoms with E-state index in [4.69, 9.17) is 0 Å². The maximum atomic E-state index is 4.24. The third kappa shape index (κ3) is 2.12. The van der Waals surface area contributed by atoms with Crippen LogP contribution in [0.1, 0.15) is 0 Å². The number of nitrogens with zero attached hydrogens (tertiary/aromatic N) is 5. The fourth-order valence-electron chi connectivity index (χ4n) is 1.54. The van der Waals surface area contributed by atoms with E-state index < -0.39 is 0 Å². The zero-order valence-corrected chi connectivity index (χ0v) is 10.4. The van der Waals surface area contributed by atoms with Gasteiger partial charge in [0.05, 0.1) is 0 Å². The summed E-state index contributed by atoms with van der Waals surface area (Å²) in [5.74, 6) is 0.701. The summed E-state index contributed by atoms with van der Waals surface area (Å²) in [4.78, 5) is 1.23. The van der Waals surface area contributed by atoms with Gasteiger partial charge in [-0.05, 0) is 53.1 Å². The number of anilines is 2. The minimum absolute atomic E-state index is 0.623. The van der Waals surface area contributed by atoms with Crippen LogP contribution >= 0.6 is 11.8 Å². The number of hydrogen-bond acceptors (Lipinski definition) is 6. The fraction of sp³-hybridized carbons (Fsp3) is 0.0909. The number of aromatic nitrogens is 5. The van der Waals surface area contributed by atoms with Crippen LogP contribution in [-0.4, -0.2) is 31.5 Å². The van der Waals surface area contributed by atoms with Crippen molar-refractivity contribution in [2.75, 3.05) is 11.6 Å². The molecule has 0 fully saturated rings. The van der Waals surface area contributed by atoms with Gasteiger partial charge in [-0.2, -0.15) is 0 Å². The normalized spacial score (nSPS) is 10.7. The quantitative estimate of drug-likeness (QED) is 0.724. The Kier molecular flexibility index (Phi) is 2.81. The lowest BCUT2D eigenvalue weighted by Gasteiger charge is -2.05. The highest BCUT2D eigenvalue weighted by Crippen LogP contribution is 2.19. The lowest BCUT2D eigenvalue weighted by molar-refractivity contribution is 0.736. The maximum absolute atomic E-state index is 4.24. The number of thioether (sulfide) groups is 1. The molecule has 1 N–H and O–H groups in total. The Morgan fingerprint density at radius 1 is 1.11 bits per heavy atom. The number of benzene rings is 1. The number of fused-ring (bicyclic) bond motifs is 1. The number of nitrogens with one attached hydrogen (secondary N) is 1. The maximum Gasteiger partial charge on any atom is 0.200 e. The summed E-state index contributed by atoms with van der Waals surface area (Å²) >= 11 is 1.71. The van der Waals surface area contributed by atoms with Crippen LogP contribution in [0, 0.1) is 0 Å².